The SMILES string of the molecule is Cc1cc(C)c2nc(N3C(=O)C(=O)/C(=C(/O)c4ccccc4)[C@H]3c3ccc(Cl)cc3)sc2c1. The number of ketones is 1. The largest absolute Gasteiger partial charge is 0.507 e. The second kappa shape index (κ2) is 8.14. The molecule has 2 heterocycles. The molecule has 1 fully saturated rings. The van der Waals surface area contributed by atoms with E-state index in [1.807, 2.05) is 32.0 Å². The zero-order valence-electron chi connectivity index (χ0n) is 17.9. The molecule has 164 valence electrons. The van der Waals surface area contributed by atoms with Gasteiger partial charge in [0, 0.05) is 10.6 Å². The number of aryl methyl sites for hydroxylation is 2. The van der Waals surface area contributed by atoms with E-state index < -0.39 is 17.7 Å². The number of carbonyl (C=O) groups excluding carboxylic acids is 2. The Morgan fingerprint density at radius 3 is 2.42 bits per heavy atom. The van der Waals surface area contributed by atoms with Crippen LogP contribution >= 0.6 is 22.9 Å². The maximum atomic E-state index is 13.3. The predicted octanol–water partition coefficient (Wildman–Crippen LogP) is 6.19. The van der Waals surface area contributed by atoms with Gasteiger partial charge in [0.25, 0.3) is 5.78 Å². The van der Waals surface area contributed by atoms with Crippen LogP contribution in [0, 0.1) is 13.8 Å². The minimum Gasteiger partial charge on any atom is -0.507 e. The highest BCUT2D eigenvalue weighted by Gasteiger charge is 2.48. The van der Waals surface area contributed by atoms with Crippen LogP contribution in [-0.2, 0) is 9.59 Å². The third-order valence-corrected chi connectivity index (χ3v) is 6.96. The van der Waals surface area contributed by atoms with Crippen molar-refractivity contribution in [2.75, 3.05) is 4.90 Å². The number of thiazole rings is 1. The molecule has 0 aliphatic carbocycles. The summed E-state index contributed by atoms with van der Waals surface area (Å²) in [4.78, 5) is 32.6. The van der Waals surface area contributed by atoms with Crippen molar-refractivity contribution in [2.45, 2.75) is 19.9 Å². The summed E-state index contributed by atoms with van der Waals surface area (Å²) in [5, 5.41) is 12.1. The molecule has 5 nitrogen and oxygen atoms in total. The number of anilines is 1. The van der Waals surface area contributed by atoms with Crippen LogP contribution in [0.25, 0.3) is 16.0 Å². The van der Waals surface area contributed by atoms with Gasteiger partial charge in [-0.1, -0.05) is 71.5 Å². The van der Waals surface area contributed by atoms with Crippen molar-refractivity contribution in [3.63, 3.8) is 0 Å². The Morgan fingerprint density at radius 2 is 1.73 bits per heavy atom. The van der Waals surface area contributed by atoms with Gasteiger partial charge in [0.2, 0.25) is 0 Å². The first kappa shape index (κ1) is 21.4. The monoisotopic (exact) mass is 474 g/mol. The fraction of sp³-hybridized carbons (Fsp3) is 0.115. The lowest BCUT2D eigenvalue weighted by Gasteiger charge is -2.23. The fourth-order valence-corrected chi connectivity index (χ4v) is 5.50. The van der Waals surface area contributed by atoms with Crippen LogP contribution in [0.15, 0.2) is 72.3 Å². The third-order valence-electron chi connectivity index (χ3n) is 5.70. The lowest BCUT2D eigenvalue weighted by atomic mass is 9.95. The van der Waals surface area contributed by atoms with Crippen LogP contribution < -0.4 is 4.90 Å². The van der Waals surface area contributed by atoms with E-state index in [2.05, 4.69) is 0 Å². The minimum absolute atomic E-state index is 0.0284. The van der Waals surface area contributed by atoms with Crippen LogP contribution in [-0.4, -0.2) is 21.8 Å². The molecule has 0 spiro atoms. The van der Waals surface area contributed by atoms with Gasteiger partial charge < -0.3 is 5.11 Å². The zero-order chi connectivity index (χ0) is 23.3. The van der Waals surface area contributed by atoms with Gasteiger partial charge in [-0.2, -0.15) is 0 Å². The van der Waals surface area contributed by atoms with Gasteiger partial charge in [-0.25, -0.2) is 4.98 Å². The van der Waals surface area contributed by atoms with Gasteiger partial charge in [0.15, 0.2) is 5.13 Å². The number of halogens is 1. The van der Waals surface area contributed by atoms with Crippen LogP contribution in [0.2, 0.25) is 5.02 Å². The van der Waals surface area contributed by atoms with Crippen LogP contribution in [0.3, 0.4) is 0 Å². The number of aliphatic hydroxyl groups excluding tert-OH is 1. The molecule has 33 heavy (non-hydrogen) atoms. The molecule has 1 saturated heterocycles. The Bertz CT molecular complexity index is 1440. The molecule has 1 aliphatic rings. The van der Waals surface area contributed by atoms with Crippen LogP contribution in [0.5, 0.6) is 0 Å². The van der Waals surface area contributed by atoms with Crippen LogP contribution in [0.1, 0.15) is 28.3 Å². The van der Waals surface area contributed by atoms with Crippen molar-refractivity contribution in [3.8, 4) is 0 Å². The van der Waals surface area contributed by atoms with Crippen molar-refractivity contribution >= 4 is 55.7 Å². The summed E-state index contributed by atoms with van der Waals surface area (Å²) in [5.41, 5.74) is 4.03. The van der Waals surface area contributed by atoms with Gasteiger partial charge in [-0.3, -0.25) is 14.5 Å². The lowest BCUT2D eigenvalue weighted by Crippen LogP contribution is -2.29. The number of fused-ring (bicyclic) bond motifs is 1. The van der Waals surface area contributed by atoms with Gasteiger partial charge in [-0.15, -0.1) is 0 Å². The summed E-state index contributed by atoms with van der Waals surface area (Å²) in [7, 11) is 0. The minimum atomic E-state index is -0.829. The summed E-state index contributed by atoms with van der Waals surface area (Å²) in [6.45, 7) is 3.98. The van der Waals surface area contributed by atoms with E-state index in [1.165, 1.54) is 16.2 Å². The Kier molecular flexibility index (Phi) is 5.27. The van der Waals surface area contributed by atoms with E-state index in [-0.39, 0.29) is 11.3 Å². The normalized spacial score (nSPS) is 17.8. The Hall–Kier alpha value is -3.48. The summed E-state index contributed by atoms with van der Waals surface area (Å²) in [6.07, 6.45) is 0. The van der Waals surface area contributed by atoms with E-state index >= 15 is 0 Å². The molecule has 0 saturated carbocycles. The molecule has 7 heteroatoms. The Labute approximate surface area is 199 Å². The van der Waals surface area contributed by atoms with Gasteiger partial charge in [-0.05, 0) is 48.7 Å². The number of hydrogen-bond acceptors (Lipinski definition) is 5. The van der Waals surface area contributed by atoms with E-state index in [1.54, 1.807) is 48.5 Å². The number of hydrogen-bond donors (Lipinski definition) is 1. The second-order valence-corrected chi connectivity index (χ2v) is 9.46. The van der Waals surface area contributed by atoms with E-state index in [0.717, 1.165) is 21.3 Å². The maximum absolute atomic E-state index is 13.3. The molecule has 1 amide bonds. The summed E-state index contributed by atoms with van der Waals surface area (Å²) in [6, 6.07) is 18.9. The quantitative estimate of drug-likeness (QED) is 0.218. The zero-order valence-corrected chi connectivity index (χ0v) is 19.4. The average Bonchev–Trinajstić information content (AvgIpc) is 3.33. The van der Waals surface area contributed by atoms with Gasteiger partial charge in [0.1, 0.15) is 5.76 Å². The summed E-state index contributed by atoms with van der Waals surface area (Å²) < 4.78 is 0.933. The second-order valence-electron chi connectivity index (χ2n) is 8.01. The van der Waals surface area contributed by atoms with Crippen molar-refractivity contribution in [2.24, 2.45) is 0 Å². The number of amides is 1. The first-order valence-corrected chi connectivity index (χ1v) is 11.5. The fourth-order valence-electron chi connectivity index (χ4n) is 4.20. The van der Waals surface area contributed by atoms with Gasteiger partial charge in [0.05, 0.1) is 21.8 Å². The van der Waals surface area contributed by atoms with Crippen molar-refractivity contribution in [1.82, 2.24) is 4.98 Å². The highest BCUT2D eigenvalue weighted by molar-refractivity contribution is 7.22. The van der Waals surface area contributed by atoms with E-state index in [0.29, 0.717) is 21.3 Å². The Morgan fingerprint density at radius 1 is 1.03 bits per heavy atom. The van der Waals surface area contributed by atoms with Crippen molar-refractivity contribution in [1.29, 1.82) is 0 Å². The molecular formula is C26H19ClN2O3S. The smallest absolute Gasteiger partial charge is 0.301 e. The summed E-state index contributed by atoms with van der Waals surface area (Å²) >= 11 is 7.44. The van der Waals surface area contributed by atoms with Crippen LogP contribution in [0.4, 0.5) is 5.13 Å². The van der Waals surface area contributed by atoms with Crippen molar-refractivity contribution in [3.05, 3.63) is 99.6 Å². The number of nitrogens with zero attached hydrogens (tertiary/aromatic N) is 2. The molecule has 0 radical (unpaired) electrons. The number of aliphatic hydroxyl groups is 1. The molecule has 1 N–H and O–H groups in total. The molecule has 0 bridgehead atoms. The number of Topliss-reactive ketones (excluding diaryl/α,β-unsaturated/α-hetero) is 1. The molecule has 1 aromatic heterocycles. The maximum Gasteiger partial charge on any atom is 0.301 e. The molecule has 1 atom stereocenters. The molecule has 1 aliphatic heterocycles. The topological polar surface area (TPSA) is 70.5 Å². The van der Waals surface area contributed by atoms with Crippen molar-refractivity contribution < 1.29 is 14.7 Å². The number of aromatic nitrogens is 1. The highest BCUT2D eigenvalue weighted by Crippen LogP contribution is 2.44. The molecule has 3 aromatic carbocycles. The van der Waals surface area contributed by atoms with E-state index in [9.17, 15) is 14.7 Å². The molecule has 5 rings (SSSR count). The highest BCUT2D eigenvalue weighted by atomic mass is 35.5. The molecule has 0 unspecified atom stereocenters. The standard InChI is InChI=1S/C26H19ClN2O3S/c1-14-12-15(2)21-19(13-14)33-26(28-21)29-22(16-8-10-18(27)11-9-16)20(24(31)25(29)32)23(30)17-6-4-3-5-7-17/h3-13,22,30H,1-2H3/b23-20+/t22-/m1/s1. The Balaban J connectivity index is 1.75. The molecular weight excluding hydrogens is 456 g/mol. The average molecular weight is 475 g/mol. The number of benzene rings is 3. The predicted molar refractivity (Wildman–Crippen MR) is 132 cm³/mol. The number of carbonyl (C=O) groups is 2. The third kappa shape index (κ3) is 3.61. The van der Waals surface area contributed by atoms with E-state index in [4.69, 9.17) is 16.6 Å². The molecule has 4 aromatic rings. The lowest BCUT2D eigenvalue weighted by molar-refractivity contribution is -0.132. The van der Waals surface area contributed by atoms with Gasteiger partial charge >= 0.3 is 5.91 Å². The summed E-state index contributed by atoms with van der Waals surface area (Å²) in [5.74, 6) is -1.69. The first-order valence-electron chi connectivity index (χ1n) is 10.3. The first-order chi connectivity index (χ1) is 15.8. The number of rotatable bonds is 3.